The summed E-state index contributed by atoms with van der Waals surface area (Å²) in [6.07, 6.45) is -0.727. The van der Waals surface area contributed by atoms with E-state index in [0.717, 1.165) is 5.56 Å². The Balaban J connectivity index is 1.36. The van der Waals surface area contributed by atoms with E-state index in [9.17, 15) is 9.59 Å². The summed E-state index contributed by atoms with van der Waals surface area (Å²) in [7, 11) is 0. The molecule has 1 atom stereocenters. The third-order valence-corrected chi connectivity index (χ3v) is 4.36. The predicted molar refractivity (Wildman–Crippen MR) is 103 cm³/mol. The molecule has 0 saturated heterocycles. The van der Waals surface area contributed by atoms with Crippen molar-refractivity contribution in [3.05, 3.63) is 77.1 Å². The number of benzene rings is 2. The number of hydrogen-bond acceptors (Lipinski definition) is 5. The lowest BCUT2D eigenvalue weighted by Gasteiger charge is -2.25. The number of fused-ring (bicyclic) bond motifs is 1. The fraction of sp³-hybridized carbons (Fsp3) is 0.190. The lowest BCUT2D eigenvalue weighted by molar-refractivity contribution is -0.130. The summed E-state index contributed by atoms with van der Waals surface area (Å²) in [4.78, 5) is 24.4. The zero-order valence-electron chi connectivity index (χ0n) is 15.1. The number of amides is 1. The molecule has 0 radical (unpaired) electrons. The van der Waals surface area contributed by atoms with E-state index in [4.69, 9.17) is 9.47 Å². The molecular formula is C21H19N3O4. The highest BCUT2D eigenvalue weighted by Gasteiger charge is 2.26. The lowest BCUT2D eigenvalue weighted by Crippen LogP contribution is -2.45. The van der Waals surface area contributed by atoms with Crippen molar-refractivity contribution in [2.45, 2.75) is 12.6 Å². The molecule has 0 bridgehead atoms. The number of hydrogen-bond donors (Lipinski definition) is 1. The van der Waals surface area contributed by atoms with Gasteiger partial charge in [-0.2, -0.15) is 5.10 Å². The predicted octanol–water partition coefficient (Wildman–Crippen LogP) is 1.87. The van der Waals surface area contributed by atoms with Gasteiger partial charge in [0.15, 0.2) is 11.5 Å². The van der Waals surface area contributed by atoms with Crippen molar-refractivity contribution in [1.82, 2.24) is 15.1 Å². The van der Waals surface area contributed by atoms with Crippen molar-refractivity contribution >= 4 is 5.91 Å². The monoisotopic (exact) mass is 377 g/mol. The summed E-state index contributed by atoms with van der Waals surface area (Å²) < 4.78 is 12.6. The molecule has 1 amide bonds. The van der Waals surface area contributed by atoms with Crippen LogP contribution in [0.15, 0.2) is 71.5 Å². The molecule has 28 heavy (non-hydrogen) atoms. The molecule has 0 saturated carbocycles. The van der Waals surface area contributed by atoms with Crippen LogP contribution in [0.1, 0.15) is 0 Å². The Morgan fingerprint density at radius 3 is 2.61 bits per heavy atom. The Kier molecular flexibility index (Phi) is 5.05. The zero-order chi connectivity index (χ0) is 19.3. The summed E-state index contributed by atoms with van der Waals surface area (Å²) in [5.41, 5.74) is 1.40. The smallest absolute Gasteiger partial charge is 0.266 e. The average molecular weight is 377 g/mol. The highest BCUT2D eigenvalue weighted by atomic mass is 16.6. The van der Waals surface area contributed by atoms with Gasteiger partial charge in [0.2, 0.25) is 6.10 Å². The molecule has 1 aromatic heterocycles. The van der Waals surface area contributed by atoms with Gasteiger partial charge in [0.25, 0.3) is 11.5 Å². The van der Waals surface area contributed by atoms with Gasteiger partial charge in [-0.05, 0) is 18.2 Å². The molecule has 4 rings (SSSR count). The van der Waals surface area contributed by atoms with Crippen molar-refractivity contribution in [2.75, 3.05) is 13.2 Å². The number of ether oxygens (including phenoxy) is 2. The minimum atomic E-state index is -0.727. The first kappa shape index (κ1) is 17.8. The van der Waals surface area contributed by atoms with E-state index in [1.54, 1.807) is 18.2 Å². The molecule has 0 spiro atoms. The number of carbonyl (C=O) groups is 1. The topological polar surface area (TPSA) is 82.5 Å². The summed E-state index contributed by atoms with van der Waals surface area (Å²) in [6, 6.07) is 20.0. The van der Waals surface area contributed by atoms with Gasteiger partial charge >= 0.3 is 0 Å². The van der Waals surface area contributed by atoms with Crippen molar-refractivity contribution in [3.63, 3.8) is 0 Å². The minimum absolute atomic E-state index is 0.143. The van der Waals surface area contributed by atoms with Gasteiger partial charge in [0.1, 0.15) is 6.61 Å². The van der Waals surface area contributed by atoms with Crippen molar-refractivity contribution in [2.24, 2.45) is 0 Å². The molecule has 0 fully saturated rings. The van der Waals surface area contributed by atoms with Crippen molar-refractivity contribution in [3.8, 4) is 22.8 Å². The molecule has 3 aromatic rings. The Hall–Kier alpha value is -3.61. The number of nitrogens with zero attached hydrogens (tertiary/aromatic N) is 2. The highest BCUT2D eigenvalue weighted by molar-refractivity contribution is 5.81. The molecule has 2 aromatic carbocycles. The maximum atomic E-state index is 12.3. The summed E-state index contributed by atoms with van der Waals surface area (Å²) in [6.45, 7) is 0.658. The van der Waals surface area contributed by atoms with Crippen LogP contribution >= 0.6 is 0 Å². The molecule has 2 heterocycles. The maximum Gasteiger partial charge on any atom is 0.266 e. The van der Waals surface area contributed by atoms with Crippen LogP contribution in [0, 0.1) is 0 Å². The van der Waals surface area contributed by atoms with E-state index in [2.05, 4.69) is 10.4 Å². The van der Waals surface area contributed by atoms with Crippen LogP contribution < -0.4 is 20.3 Å². The average Bonchev–Trinajstić information content (AvgIpc) is 2.75. The van der Waals surface area contributed by atoms with Crippen LogP contribution in [0.3, 0.4) is 0 Å². The van der Waals surface area contributed by atoms with Crippen LogP contribution in [0.5, 0.6) is 11.5 Å². The first-order valence-electron chi connectivity index (χ1n) is 9.00. The molecular weight excluding hydrogens is 358 g/mol. The summed E-state index contributed by atoms with van der Waals surface area (Å²) in [5.74, 6) is 0.879. The SMILES string of the molecule is O=C(NCCn1nc(-c2ccccc2)ccc1=O)C1COc2ccccc2O1. The Morgan fingerprint density at radius 2 is 1.79 bits per heavy atom. The second-order valence-electron chi connectivity index (χ2n) is 6.30. The van der Waals surface area contributed by atoms with Crippen LogP contribution in [-0.4, -0.2) is 34.9 Å². The van der Waals surface area contributed by atoms with E-state index < -0.39 is 6.10 Å². The number of carbonyl (C=O) groups excluding carboxylic acids is 1. The Labute approximate surface area is 161 Å². The fourth-order valence-electron chi connectivity index (χ4n) is 2.92. The third-order valence-electron chi connectivity index (χ3n) is 4.36. The van der Waals surface area contributed by atoms with Crippen LogP contribution in [0.2, 0.25) is 0 Å². The van der Waals surface area contributed by atoms with Crippen LogP contribution in [-0.2, 0) is 11.3 Å². The summed E-state index contributed by atoms with van der Waals surface area (Å²) >= 11 is 0. The highest BCUT2D eigenvalue weighted by Crippen LogP contribution is 2.30. The number of aromatic nitrogens is 2. The number of nitrogens with one attached hydrogen (secondary N) is 1. The largest absolute Gasteiger partial charge is 0.485 e. The van der Waals surface area contributed by atoms with Gasteiger partial charge in [-0.1, -0.05) is 42.5 Å². The van der Waals surface area contributed by atoms with E-state index >= 15 is 0 Å². The van der Waals surface area contributed by atoms with Gasteiger partial charge < -0.3 is 14.8 Å². The maximum absolute atomic E-state index is 12.3. The second-order valence-corrected chi connectivity index (χ2v) is 6.30. The Bertz CT molecular complexity index is 1030. The molecule has 142 valence electrons. The van der Waals surface area contributed by atoms with E-state index in [1.807, 2.05) is 42.5 Å². The molecule has 7 heteroatoms. The molecule has 7 nitrogen and oxygen atoms in total. The minimum Gasteiger partial charge on any atom is -0.485 e. The van der Waals surface area contributed by atoms with E-state index in [1.165, 1.54) is 10.7 Å². The molecule has 1 aliphatic heterocycles. The van der Waals surface area contributed by atoms with Crippen LogP contribution in [0.25, 0.3) is 11.3 Å². The van der Waals surface area contributed by atoms with Gasteiger partial charge in [-0.3, -0.25) is 9.59 Å². The molecule has 1 unspecified atom stereocenters. The molecule has 0 aliphatic carbocycles. The standard InChI is InChI=1S/C21H19N3O4/c25-20-11-10-16(15-6-2-1-3-7-15)23-24(20)13-12-22-21(26)19-14-27-17-8-4-5-9-18(17)28-19/h1-11,19H,12-14H2,(H,22,26). The van der Waals surface area contributed by atoms with E-state index in [0.29, 0.717) is 17.2 Å². The fourth-order valence-corrected chi connectivity index (χ4v) is 2.92. The molecule has 1 aliphatic rings. The first-order chi connectivity index (χ1) is 13.7. The number of para-hydroxylation sites is 2. The quantitative estimate of drug-likeness (QED) is 0.734. The van der Waals surface area contributed by atoms with Crippen molar-refractivity contribution < 1.29 is 14.3 Å². The van der Waals surface area contributed by atoms with Gasteiger partial charge in [0.05, 0.1) is 12.2 Å². The first-order valence-corrected chi connectivity index (χ1v) is 9.00. The Morgan fingerprint density at radius 1 is 1.04 bits per heavy atom. The van der Waals surface area contributed by atoms with E-state index in [-0.39, 0.29) is 31.2 Å². The normalized spacial score (nSPS) is 15.1. The van der Waals surface area contributed by atoms with Gasteiger partial charge in [-0.15, -0.1) is 0 Å². The molecule has 1 N–H and O–H groups in total. The zero-order valence-corrected chi connectivity index (χ0v) is 15.1. The third kappa shape index (κ3) is 3.88. The lowest BCUT2D eigenvalue weighted by atomic mass is 10.1. The van der Waals surface area contributed by atoms with Gasteiger partial charge in [0, 0.05) is 18.2 Å². The summed E-state index contributed by atoms with van der Waals surface area (Å²) in [5, 5.41) is 7.15. The van der Waals surface area contributed by atoms with Gasteiger partial charge in [-0.25, -0.2) is 4.68 Å². The van der Waals surface area contributed by atoms with Crippen molar-refractivity contribution in [1.29, 1.82) is 0 Å². The second kappa shape index (κ2) is 7.96. The van der Waals surface area contributed by atoms with Crippen LogP contribution in [0.4, 0.5) is 0 Å². The number of rotatable bonds is 5.